The van der Waals surface area contributed by atoms with Gasteiger partial charge in [0.05, 0.1) is 9.50 Å². The third-order valence-corrected chi connectivity index (χ3v) is 3.52. The van der Waals surface area contributed by atoms with Crippen LogP contribution in [0.5, 0.6) is 11.6 Å². The largest absolute Gasteiger partial charge is 0.437 e. The minimum Gasteiger partial charge on any atom is -0.437 e. The molecule has 0 spiro atoms. The highest BCUT2D eigenvalue weighted by atomic mass is 79.9. The molecule has 1 aromatic heterocycles. The molecule has 0 bridgehead atoms. The summed E-state index contributed by atoms with van der Waals surface area (Å²) < 4.78 is 20.3. The molecule has 0 fully saturated rings. The van der Waals surface area contributed by atoms with Crippen molar-refractivity contribution in [3.8, 4) is 11.6 Å². The van der Waals surface area contributed by atoms with Crippen molar-refractivity contribution in [3.05, 3.63) is 49.7 Å². The lowest BCUT2D eigenvalue weighted by molar-refractivity contribution is 0.451. The van der Waals surface area contributed by atoms with Crippen LogP contribution in [0.3, 0.4) is 0 Å². The van der Waals surface area contributed by atoms with Crippen molar-refractivity contribution < 1.29 is 9.13 Å². The quantitative estimate of drug-likeness (QED) is 0.627. The van der Waals surface area contributed by atoms with E-state index in [4.69, 9.17) is 16.3 Å². The van der Waals surface area contributed by atoms with Gasteiger partial charge >= 0.3 is 0 Å². The third kappa shape index (κ3) is 3.02. The zero-order chi connectivity index (χ0) is 13.3. The van der Waals surface area contributed by atoms with Crippen LogP contribution >= 0.6 is 43.5 Å². The van der Waals surface area contributed by atoms with E-state index in [-0.39, 0.29) is 5.02 Å². The molecule has 2 rings (SSSR count). The Morgan fingerprint density at radius 3 is 2.67 bits per heavy atom. The predicted octanol–water partition coefficient (Wildman–Crippen LogP) is 5.50. The monoisotopic (exact) mass is 393 g/mol. The Bertz CT molecular complexity index is 607. The second-order valence-electron chi connectivity index (χ2n) is 3.57. The molecule has 0 saturated carbocycles. The van der Waals surface area contributed by atoms with E-state index in [0.29, 0.717) is 16.1 Å². The van der Waals surface area contributed by atoms with Gasteiger partial charge in [-0.05, 0) is 50.9 Å². The lowest BCUT2D eigenvalue weighted by Crippen LogP contribution is -1.93. The third-order valence-electron chi connectivity index (χ3n) is 2.18. The molecule has 1 heterocycles. The summed E-state index contributed by atoms with van der Waals surface area (Å²) in [6.45, 7) is 1.85. The summed E-state index contributed by atoms with van der Waals surface area (Å²) >= 11 is 12.2. The summed E-state index contributed by atoms with van der Waals surface area (Å²) in [6.07, 6.45) is 1.61. The molecule has 0 radical (unpaired) electrons. The SMILES string of the molecule is Cc1cc(Br)cnc1Oc1cc(F)c(Cl)cc1Br. The summed E-state index contributed by atoms with van der Waals surface area (Å²) in [4.78, 5) is 4.12. The van der Waals surface area contributed by atoms with E-state index in [0.717, 1.165) is 10.0 Å². The molecule has 0 N–H and O–H groups in total. The normalized spacial score (nSPS) is 10.5. The van der Waals surface area contributed by atoms with E-state index >= 15 is 0 Å². The van der Waals surface area contributed by atoms with Crippen molar-refractivity contribution in [3.63, 3.8) is 0 Å². The lowest BCUT2D eigenvalue weighted by atomic mass is 10.3. The van der Waals surface area contributed by atoms with Gasteiger partial charge in [-0.3, -0.25) is 0 Å². The van der Waals surface area contributed by atoms with Crippen LogP contribution in [0.2, 0.25) is 5.02 Å². The summed E-state index contributed by atoms with van der Waals surface area (Å²) in [7, 11) is 0. The standard InChI is InChI=1S/C12H7Br2ClFNO/c1-6-2-7(13)5-17-12(6)18-11-4-10(16)9(15)3-8(11)14/h2-5H,1H3. The van der Waals surface area contributed by atoms with E-state index in [2.05, 4.69) is 36.8 Å². The number of nitrogens with zero attached hydrogens (tertiary/aromatic N) is 1. The molecule has 0 aliphatic carbocycles. The Labute approximate surface area is 125 Å². The number of aromatic nitrogens is 1. The van der Waals surface area contributed by atoms with Gasteiger partial charge in [-0.2, -0.15) is 0 Å². The number of halogens is 4. The van der Waals surface area contributed by atoms with Crippen molar-refractivity contribution in [1.82, 2.24) is 4.98 Å². The molecule has 1 aromatic carbocycles. The number of benzene rings is 1. The first-order chi connectivity index (χ1) is 8.47. The van der Waals surface area contributed by atoms with Gasteiger partial charge < -0.3 is 4.74 Å². The van der Waals surface area contributed by atoms with E-state index in [9.17, 15) is 4.39 Å². The minimum atomic E-state index is -0.537. The highest BCUT2D eigenvalue weighted by Crippen LogP contribution is 2.34. The van der Waals surface area contributed by atoms with Crippen molar-refractivity contribution in [2.45, 2.75) is 6.92 Å². The first-order valence-corrected chi connectivity index (χ1v) is 6.88. The number of pyridine rings is 1. The Hall–Kier alpha value is -0.650. The molecule has 94 valence electrons. The van der Waals surface area contributed by atoms with Gasteiger partial charge in [0, 0.05) is 22.3 Å². The zero-order valence-corrected chi connectivity index (χ0v) is 13.1. The fourth-order valence-electron chi connectivity index (χ4n) is 1.32. The summed E-state index contributed by atoms with van der Waals surface area (Å²) in [5.41, 5.74) is 0.839. The van der Waals surface area contributed by atoms with Gasteiger partial charge in [0.1, 0.15) is 11.6 Å². The van der Waals surface area contributed by atoms with Gasteiger partial charge in [-0.15, -0.1) is 0 Å². The Morgan fingerprint density at radius 1 is 1.28 bits per heavy atom. The van der Waals surface area contributed by atoms with Gasteiger partial charge in [0.2, 0.25) is 5.88 Å². The second kappa shape index (κ2) is 5.55. The number of ether oxygens (including phenoxy) is 1. The maximum absolute atomic E-state index is 13.4. The molecule has 0 saturated heterocycles. The van der Waals surface area contributed by atoms with Crippen molar-refractivity contribution in [1.29, 1.82) is 0 Å². The van der Waals surface area contributed by atoms with Gasteiger partial charge in [-0.1, -0.05) is 11.6 Å². The molecular weight excluding hydrogens is 388 g/mol. The topological polar surface area (TPSA) is 22.1 Å². The highest BCUT2D eigenvalue weighted by molar-refractivity contribution is 9.10. The number of rotatable bonds is 2. The molecule has 0 amide bonds. The average Bonchev–Trinajstić information content (AvgIpc) is 2.29. The summed E-state index contributed by atoms with van der Waals surface area (Å²) in [5, 5.41) is 0.0368. The lowest BCUT2D eigenvalue weighted by Gasteiger charge is -2.10. The fourth-order valence-corrected chi connectivity index (χ4v) is 2.49. The van der Waals surface area contributed by atoms with Crippen LogP contribution in [-0.4, -0.2) is 4.98 Å². The van der Waals surface area contributed by atoms with Crippen molar-refractivity contribution >= 4 is 43.5 Å². The van der Waals surface area contributed by atoms with Gasteiger partial charge in [0.15, 0.2) is 0 Å². The smallest absolute Gasteiger partial charge is 0.222 e. The average molecular weight is 395 g/mol. The van der Waals surface area contributed by atoms with Crippen molar-refractivity contribution in [2.75, 3.05) is 0 Å². The van der Waals surface area contributed by atoms with Crippen LogP contribution < -0.4 is 4.74 Å². The molecule has 0 aliphatic heterocycles. The number of hydrogen-bond acceptors (Lipinski definition) is 2. The molecule has 0 unspecified atom stereocenters. The molecule has 2 nitrogen and oxygen atoms in total. The highest BCUT2D eigenvalue weighted by Gasteiger charge is 2.11. The summed E-state index contributed by atoms with van der Waals surface area (Å²) in [6, 6.07) is 4.53. The molecular formula is C12H7Br2ClFNO. The van der Waals surface area contributed by atoms with Crippen LogP contribution in [0.1, 0.15) is 5.56 Å². The number of aryl methyl sites for hydroxylation is 1. The molecule has 0 atom stereocenters. The van der Waals surface area contributed by atoms with Crippen LogP contribution in [0, 0.1) is 12.7 Å². The zero-order valence-electron chi connectivity index (χ0n) is 9.18. The van der Waals surface area contributed by atoms with Crippen LogP contribution in [0.4, 0.5) is 4.39 Å². The molecule has 2 aromatic rings. The first kappa shape index (κ1) is 13.8. The maximum Gasteiger partial charge on any atom is 0.222 e. The van der Waals surface area contributed by atoms with Gasteiger partial charge in [0.25, 0.3) is 0 Å². The first-order valence-electron chi connectivity index (χ1n) is 4.92. The van der Waals surface area contributed by atoms with Crippen molar-refractivity contribution in [2.24, 2.45) is 0 Å². The maximum atomic E-state index is 13.4. The Kier molecular flexibility index (Phi) is 4.25. The van der Waals surface area contributed by atoms with E-state index in [1.165, 1.54) is 12.1 Å². The van der Waals surface area contributed by atoms with E-state index in [1.807, 2.05) is 13.0 Å². The van der Waals surface area contributed by atoms with Crippen LogP contribution in [-0.2, 0) is 0 Å². The number of hydrogen-bond donors (Lipinski definition) is 0. The minimum absolute atomic E-state index is 0.0368. The molecule has 18 heavy (non-hydrogen) atoms. The fraction of sp³-hybridized carbons (Fsp3) is 0.0833. The summed E-state index contributed by atoms with van der Waals surface area (Å²) in [5.74, 6) is 0.208. The van der Waals surface area contributed by atoms with Crippen LogP contribution in [0.25, 0.3) is 0 Å². The Balaban J connectivity index is 2.37. The molecule has 0 aliphatic rings. The van der Waals surface area contributed by atoms with E-state index < -0.39 is 5.82 Å². The van der Waals surface area contributed by atoms with E-state index in [1.54, 1.807) is 6.20 Å². The molecule has 6 heteroatoms. The second-order valence-corrected chi connectivity index (χ2v) is 5.75. The van der Waals surface area contributed by atoms with Crippen LogP contribution in [0.15, 0.2) is 33.3 Å². The predicted molar refractivity (Wildman–Crippen MR) is 75.9 cm³/mol. The Morgan fingerprint density at radius 2 is 2.00 bits per heavy atom. The van der Waals surface area contributed by atoms with Gasteiger partial charge in [-0.25, -0.2) is 9.37 Å².